The average molecular weight is 404 g/mol. The summed E-state index contributed by atoms with van der Waals surface area (Å²) in [4.78, 5) is 18.8. The van der Waals surface area contributed by atoms with Crippen LogP contribution in [0.25, 0.3) is 5.82 Å². The molecule has 3 aromatic rings. The molecule has 0 radical (unpaired) electrons. The van der Waals surface area contributed by atoms with Gasteiger partial charge in [-0.25, -0.2) is 14.5 Å². The number of nitrogens with one attached hydrogen (secondary N) is 1. The number of esters is 1. The molecular weight excluding hydrogens is 380 g/mol. The molecule has 2 aliphatic rings. The Balaban J connectivity index is 1.29. The second-order valence-electron chi connectivity index (χ2n) is 7.95. The van der Waals surface area contributed by atoms with Crippen LogP contribution in [0.1, 0.15) is 44.3 Å². The number of piperazine rings is 1. The number of nitrogens with zero attached hydrogens (tertiary/aromatic N) is 5. The third-order valence-corrected chi connectivity index (χ3v) is 5.90. The van der Waals surface area contributed by atoms with Gasteiger partial charge in [0, 0.05) is 44.0 Å². The molecule has 0 amide bonds. The predicted octanol–water partition coefficient (Wildman–Crippen LogP) is 2.10. The lowest BCUT2D eigenvalue weighted by Crippen LogP contribution is -2.45. The van der Waals surface area contributed by atoms with Gasteiger partial charge in [-0.1, -0.05) is 17.3 Å². The summed E-state index contributed by atoms with van der Waals surface area (Å²) in [7, 11) is 0. The summed E-state index contributed by atoms with van der Waals surface area (Å²) in [6, 6.07) is 8.27. The maximum Gasteiger partial charge on any atom is 0.338 e. The molecule has 0 bridgehead atoms. The van der Waals surface area contributed by atoms with Gasteiger partial charge in [-0.05, 0) is 42.7 Å². The van der Waals surface area contributed by atoms with Gasteiger partial charge in [0.25, 0.3) is 0 Å². The van der Waals surface area contributed by atoms with Crippen molar-refractivity contribution in [2.24, 2.45) is 0 Å². The number of benzene rings is 1. The van der Waals surface area contributed by atoms with Crippen molar-refractivity contribution in [2.75, 3.05) is 19.6 Å². The number of pyridine rings is 1. The molecule has 1 saturated heterocycles. The van der Waals surface area contributed by atoms with Gasteiger partial charge in [-0.3, -0.25) is 4.90 Å². The van der Waals surface area contributed by atoms with Crippen molar-refractivity contribution in [1.29, 1.82) is 0 Å². The second-order valence-corrected chi connectivity index (χ2v) is 7.95. The summed E-state index contributed by atoms with van der Waals surface area (Å²) in [5.41, 5.74) is 6.17. The standard InChI is InChI=1S/C22H24N6O2/c1-14-10-28(26-25-14)21-6-3-16(9-24-21)11-27-8-7-23-20(12-27)17-4-5-18-19(15(17)2)13-30-22(18)29/h3-6,9-10,20,23H,7-8,11-13H2,1-2H3/t20-/m0/s1. The van der Waals surface area contributed by atoms with Crippen LogP contribution in [0.3, 0.4) is 0 Å². The maximum atomic E-state index is 11.8. The van der Waals surface area contributed by atoms with E-state index in [1.165, 1.54) is 11.1 Å². The van der Waals surface area contributed by atoms with E-state index in [1.807, 2.05) is 31.5 Å². The Morgan fingerprint density at radius 2 is 2.13 bits per heavy atom. The number of fused-ring (bicyclic) bond motifs is 1. The number of aryl methyl sites for hydroxylation is 1. The van der Waals surface area contributed by atoms with Crippen LogP contribution in [-0.4, -0.2) is 50.5 Å². The molecule has 1 aromatic carbocycles. The zero-order chi connectivity index (χ0) is 20.7. The monoisotopic (exact) mass is 404 g/mol. The van der Waals surface area contributed by atoms with Crippen molar-refractivity contribution in [3.05, 3.63) is 70.2 Å². The molecule has 4 heterocycles. The van der Waals surface area contributed by atoms with Gasteiger partial charge in [-0.15, -0.1) is 5.10 Å². The number of hydrogen-bond donors (Lipinski definition) is 1. The Morgan fingerprint density at radius 1 is 1.23 bits per heavy atom. The molecule has 8 nitrogen and oxygen atoms in total. The molecule has 8 heteroatoms. The van der Waals surface area contributed by atoms with Gasteiger partial charge in [0.1, 0.15) is 6.61 Å². The second kappa shape index (κ2) is 7.62. The fourth-order valence-corrected chi connectivity index (χ4v) is 4.27. The molecule has 1 N–H and O–H groups in total. The summed E-state index contributed by atoms with van der Waals surface area (Å²) in [5.74, 6) is 0.554. The Bertz CT molecular complexity index is 1090. The number of carbonyl (C=O) groups excluding carboxylic acids is 1. The number of cyclic esters (lactones) is 1. The molecule has 2 aliphatic heterocycles. The first kappa shape index (κ1) is 18.9. The van der Waals surface area contributed by atoms with Crippen LogP contribution in [0.4, 0.5) is 0 Å². The van der Waals surface area contributed by atoms with Gasteiger partial charge in [0.15, 0.2) is 5.82 Å². The lowest BCUT2D eigenvalue weighted by Gasteiger charge is -2.34. The fourth-order valence-electron chi connectivity index (χ4n) is 4.27. The first-order valence-electron chi connectivity index (χ1n) is 10.2. The molecular formula is C22H24N6O2. The zero-order valence-corrected chi connectivity index (χ0v) is 17.1. The third-order valence-electron chi connectivity index (χ3n) is 5.90. The summed E-state index contributed by atoms with van der Waals surface area (Å²) in [6.07, 6.45) is 3.77. The first-order valence-corrected chi connectivity index (χ1v) is 10.2. The predicted molar refractivity (Wildman–Crippen MR) is 110 cm³/mol. The van der Waals surface area contributed by atoms with E-state index in [1.54, 1.807) is 4.68 Å². The number of hydrogen-bond acceptors (Lipinski definition) is 7. The van der Waals surface area contributed by atoms with Crippen molar-refractivity contribution < 1.29 is 9.53 Å². The van der Waals surface area contributed by atoms with E-state index in [0.717, 1.165) is 48.8 Å². The van der Waals surface area contributed by atoms with Crippen molar-refractivity contribution >= 4 is 5.97 Å². The number of ether oxygens (including phenoxy) is 1. The van der Waals surface area contributed by atoms with Crippen molar-refractivity contribution in [3.63, 3.8) is 0 Å². The molecule has 1 fully saturated rings. The van der Waals surface area contributed by atoms with Crippen LogP contribution in [0.15, 0.2) is 36.7 Å². The molecule has 0 aliphatic carbocycles. The van der Waals surface area contributed by atoms with E-state index in [4.69, 9.17) is 4.74 Å². The van der Waals surface area contributed by atoms with Crippen LogP contribution in [-0.2, 0) is 17.9 Å². The highest BCUT2D eigenvalue weighted by atomic mass is 16.5. The molecule has 5 rings (SSSR count). The first-order chi connectivity index (χ1) is 14.6. The number of aromatic nitrogens is 4. The van der Waals surface area contributed by atoms with E-state index in [2.05, 4.69) is 44.6 Å². The van der Waals surface area contributed by atoms with E-state index < -0.39 is 0 Å². The summed E-state index contributed by atoms with van der Waals surface area (Å²) >= 11 is 0. The minimum Gasteiger partial charge on any atom is -0.457 e. The summed E-state index contributed by atoms with van der Waals surface area (Å²) in [5, 5.41) is 11.7. The zero-order valence-electron chi connectivity index (χ0n) is 17.1. The van der Waals surface area contributed by atoms with Crippen LogP contribution in [0.5, 0.6) is 0 Å². The van der Waals surface area contributed by atoms with Gasteiger partial charge in [-0.2, -0.15) is 0 Å². The van der Waals surface area contributed by atoms with Gasteiger partial charge < -0.3 is 10.1 Å². The third kappa shape index (κ3) is 3.48. The largest absolute Gasteiger partial charge is 0.457 e. The van der Waals surface area contributed by atoms with Crippen molar-refractivity contribution in [1.82, 2.24) is 30.2 Å². The highest BCUT2D eigenvalue weighted by Gasteiger charge is 2.28. The van der Waals surface area contributed by atoms with Gasteiger partial charge in [0.2, 0.25) is 0 Å². The van der Waals surface area contributed by atoms with Crippen LogP contribution >= 0.6 is 0 Å². The highest BCUT2D eigenvalue weighted by Crippen LogP contribution is 2.30. The van der Waals surface area contributed by atoms with E-state index >= 15 is 0 Å². The molecule has 0 saturated carbocycles. The summed E-state index contributed by atoms with van der Waals surface area (Å²) in [6.45, 7) is 8.02. The highest BCUT2D eigenvalue weighted by molar-refractivity contribution is 5.93. The topological polar surface area (TPSA) is 85.2 Å². The maximum absolute atomic E-state index is 11.8. The molecule has 1 atom stereocenters. The normalized spacial score (nSPS) is 19.0. The lowest BCUT2D eigenvalue weighted by molar-refractivity contribution is 0.0535. The quantitative estimate of drug-likeness (QED) is 0.667. The minimum atomic E-state index is -0.213. The lowest BCUT2D eigenvalue weighted by atomic mass is 9.93. The fraction of sp³-hybridized carbons (Fsp3) is 0.364. The van der Waals surface area contributed by atoms with E-state index in [-0.39, 0.29) is 12.0 Å². The molecule has 154 valence electrons. The Kier molecular flexibility index (Phi) is 4.80. The SMILES string of the molecule is Cc1cn(-c2ccc(CN3CCN[C@H](c4ccc5c(c4C)COC5=O)C3)cn2)nn1. The van der Waals surface area contributed by atoms with Crippen LogP contribution < -0.4 is 5.32 Å². The summed E-state index contributed by atoms with van der Waals surface area (Å²) < 4.78 is 6.89. The van der Waals surface area contributed by atoms with Crippen molar-refractivity contribution in [2.45, 2.75) is 33.0 Å². The number of rotatable bonds is 4. The Labute approximate surface area is 174 Å². The van der Waals surface area contributed by atoms with E-state index in [0.29, 0.717) is 12.2 Å². The van der Waals surface area contributed by atoms with Crippen LogP contribution in [0, 0.1) is 13.8 Å². The Morgan fingerprint density at radius 3 is 2.90 bits per heavy atom. The molecule has 30 heavy (non-hydrogen) atoms. The smallest absolute Gasteiger partial charge is 0.338 e. The molecule has 2 aromatic heterocycles. The number of carbonyl (C=O) groups is 1. The van der Waals surface area contributed by atoms with Gasteiger partial charge in [0.05, 0.1) is 17.5 Å². The van der Waals surface area contributed by atoms with Crippen molar-refractivity contribution in [3.8, 4) is 5.82 Å². The minimum absolute atomic E-state index is 0.213. The Hall–Kier alpha value is -3.10. The van der Waals surface area contributed by atoms with Crippen LogP contribution in [0.2, 0.25) is 0 Å². The van der Waals surface area contributed by atoms with Gasteiger partial charge >= 0.3 is 5.97 Å². The molecule has 0 unspecified atom stereocenters. The average Bonchev–Trinajstić information content (AvgIpc) is 3.35. The molecule has 0 spiro atoms. The van der Waals surface area contributed by atoms with E-state index in [9.17, 15) is 4.79 Å².